The highest BCUT2D eigenvalue weighted by Gasteiger charge is 2.07. The van der Waals surface area contributed by atoms with Crippen LogP contribution in [0, 0.1) is 0 Å². The Morgan fingerprint density at radius 2 is 1.87 bits per heavy atom. The lowest BCUT2D eigenvalue weighted by atomic mass is 10.2. The van der Waals surface area contributed by atoms with Gasteiger partial charge in [0.1, 0.15) is 12.4 Å². The predicted molar refractivity (Wildman–Crippen MR) is 125 cm³/mol. The molecule has 0 fully saturated rings. The highest BCUT2D eigenvalue weighted by atomic mass is 35.5. The van der Waals surface area contributed by atoms with Gasteiger partial charge in [-0.05, 0) is 60.5 Å². The minimum absolute atomic E-state index is 0.441. The summed E-state index contributed by atoms with van der Waals surface area (Å²) in [4.78, 5) is 8.00. The number of H-pyrrole nitrogens is 1. The summed E-state index contributed by atoms with van der Waals surface area (Å²) in [5, 5.41) is 4.19. The Morgan fingerprint density at radius 1 is 0.968 bits per heavy atom. The fourth-order valence-electron chi connectivity index (χ4n) is 3.47. The second-order valence-electron chi connectivity index (χ2n) is 7.38. The minimum atomic E-state index is 0.441. The highest BCUT2D eigenvalue weighted by molar-refractivity contribution is 6.30. The first-order valence-corrected chi connectivity index (χ1v) is 10.8. The normalized spacial score (nSPS) is 11.0. The van der Waals surface area contributed by atoms with Crippen molar-refractivity contribution in [1.29, 1.82) is 0 Å². The standard InChI is InChI=1S/C25H26ClN3O2/c1-30-24-15-18(11-12-23(24)31-17-19-6-4-7-20(26)14-19)16-27-13-5-10-25-28-21-8-2-3-9-22(21)29-25/h2-4,6-9,11-12,14-15,27H,5,10,13,16-17H2,1H3,(H,28,29). The summed E-state index contributed by atoms with van der Waals surface area (Å²) >= 11 is 6.04. The van der Waals surface area contributed by atoms with E-state index in [1.807, 2.05) is 54.6 Å². The first kappa shape index (κ1) is 21.2. The monoisotopic (exact) mass is 435 g/mol. The molecule has 160 valence electrons. The number of benzene rings is 3. The van der Waals surface area contributed by atoms with E-state index in [4.69, 9.17) is 21.1 Å². The first-order valence-electron chi connectivity index (χ1n) is 10.4. The van der Waals surface area contributed by atoms with Crippen LogP contribution in [0.4, 0.5) is 0 Å². The topological polar surface area (TPSA) is 59.2 Å². The average Bonchev–Trinajstić information content (AvgIpc) is 3.20. The fraction of sp³-hybridized carbons (Fsp3) is 0.240. The van der Waals surface area contributed by atoms with Crippen LogP contribution in [-0.4, -0.2) is 23.6 Å². The molecule has 0 bridgehead atoms. The SMILES string of the molecule is COc1cc(CNCCCc2nc3ccccc3[nH]2)ccc1OCc1cccc(Cl)c1. The van der Waals surface area contributed by atoms with Gasteiger partial charge in [0.25, 0.3) is 0 Å². The van der Waals surface area contributed by atoms with Crippen LogP contribution in [0.3, 0.4) is 0 Å². The number of fused-ring (bicyclic) bond motifs is 1. The Balaban J connectivity index is 1.24. The van der Waals surface area contributed by atoms with Crippen molar-refractivity contribution >= 4 is 22.6 Å². The van der Waals surface area contributed by atoms with Crippen molar-refractivity contribution in [3.8, 4) is 11.5 Å². The van der Waals surface area contributed by atoms with Gasteiger partial charge in [-0.2, -0.15) is 0 Å². The largest absolute Gasteiger partial charge is 0.493 e. The molecule has 5 nitrogen and oxygen atoms in total. The highest BCUT2D eigenvalue weighted by Crippen LogP contribution is 2.29. The van der Waals surface area contributed by atoms with Gasteiger partial charge in [-0.3, -0.25) is 0 Å². The Labute approximate surface area is 187 Å². The molecule has 0 aliphatic heterocycles. The zero-order valence-corrected chi connectivity index (χ0v) is 18.3. The lowest BCUT2D eigenvalue weighted by Gasteiger charge is -2.13. The predicted octanol–water partition coefficient (Wildman–Crippen LogP) is 5.53. The van der Waals surface area contributed by atoms with E-state index in [1.54, 1.807) is 7.11 Å². The zero-order valence-electron chi connectivity index (χ0n) is 17.5. The number of methoxy groups -OCH3 is 1. The Kier molecular flexibility index (Phi) is 7.07. The zero-order chi connectivity index (χ0) is 21.5. The van der Waals surface area contributed by atoms with Crippen LogP contribution < -0.4 is 14.8 Å². The number of aromatic amines is 1. The van der Waals surface area contributed by atoms with Crippen LogP contribution >= 0.6 is 11.6 Å². The van der Waals surface area contributed by atoms with Crippen LogP contribution in [0.15, 0.2) is 66.7 Å². The summed E-state index contributed by atoms with van der Waals surface area (Å²) in [5.41, 5.74) is 4.28. The molecule has 0 aliphatic rings. The molecule has 0 unspecified atom stereocenters. The molecule has 0 spiro atoms. The summed E-state index contributed by atoms with van der Waals surface area (Å²) in [6.07, 6.45) is 1.93. The number of para-hydroxylation sites is 2. The van der Waals surface area contributed by atoms with Gasteiger partial charge in [0.2, 0.25) is 0 Å². The van der Waals surface area contributed by atoms with E-state index >= 15 is 0 Å². The molecule has 2 N–H and O–H groups in total. The van der Waals surface area contributed by atoms with Crippen molar-refractivity contribution < 1.29 is 9.47 Å². The van der Waals surface area contributed by atoms with E-state index in [1.165, 1.54) is 0 Å². The number of nitrogens with one attached hydrogen (secondary N) is 2. The molecule has 0 aliphatic carbocycles. The maximum absolute atomic E-state index is 6.04. The van der Waals surface area contributed by atoms with Gasteiger partial charge < -0.3 is 19.8 Å². The number of hydrogen-bond donors (Lipinski definition) is 2. The van der Waals surface area contributed by atoms with Gasteiger partial charge in [0.15, 0.2) is 11.5 Å². The smallest absolute Gasteiger partial charge is 0.161 e. The fourth-order valence-corrected chi connectivity index (χ4v) is 3.68. The number of ether oxygens (including phenoxy) is 2. The van der Waals surface area contributed by atoms with Gasteiger partial charge in [-0.15, -0.1) is 0 Å². The van der Waals surface area contributed by atoms with Crippen LogP contribution in [0.1, 0.15) is 23.4 Å². The molecule has 0 amide bonds. The Bertz CT molecular complexity index is 1110. The van der Waals surface area contributed by atoms with Gasteiger partial charge >= 0.3 is 0 Å². The van der Waals surface area contributed by atoms with Gasteiger partial charge in [0.05, 0.1) is 18.1 Å². The minimum Gasteiger partial charge on any atom is -0.493 e. The number of halogens is 1. The first-order chi connectivity index (χ1) is 15.2. The molecule has 0 radical (unpaired) electrons. The van der Waals surface area contributed by atoms with Crippen LogP contribution in [0.5, 0.6) is 11.5 Å². The molecule has 0 atom stereocenters. The molecular formula is C25H26ClN3O2. The van der Waals surface area contributed by atoms with Crippen molar-refractivity contribution in [2.75, 3.05) is 13.7 Å². The van der Waals surface area contributed by atoms with Crippen LogP contribution in [-0.2, 0) is 19.6 Å². The van der Waals surface area contributed by atoms with Crippen LogP contribution in [0.25, 0.3) is 11.0 Å². The lowest BCUT2D eigenvalue weighted by molar-refractivity contribution is 0.284. The quantitative estimate of drug-likeness (QED) is 0.322. The number of aromatic nitrogens is 2. The summed E-state index contributed by atoms with van der Waals surface area (Å²) in [6, 6.07) is 21.8. The van der Waals surface area contributed by atoms with Gasteiger partial charge in [-0.1, -0.05) is 41.9 Å². The van der Waals surface area contributed by atoms with E-state index in [0.29, 0.717) is 11.6 Å². The molecule has 3 aromatic carbocycles. The summed E-state index contributed by atoms with van der Waals surface area (Å²) in [7, 11) is 1.66. The Morgan fingerprint density at radius 3 is 2.71 bits per heavy atom. The van der Waals surface area contributed by atoms with E-state index in [9.17, 15) is 0 Å². The van der Waals surface area contributed by atoms with Gasteiger partial charge in [0, 0.05) is 18.0 Å². The van der Waals surface area contributed by atoms with Crippen LogP contribution in [0.2, 0.25) is 5.02 Å². The maximum Gasteiger partial charge on any atom is 0.161 e. The van der Waals surface area contributed by atoms with E-state index in [0.717, 1.165) is 65.4 Å². The van der Waals surface area contributed by atoms with Crippen molar-refractivity contribution in [3.05, 3.63) is 88.7 Å². The lowest BCUT2D eigenvalue weighted by Crippen LogP contribution is -2.15. The van der Waals surface area contributed by atoms with Crippen molar-refractivity contribution in [2.24, 2.45) is 0 Å². The number of aryl methyl sites for hydroxylation is 1. The van der Waals surface area contributed by atoms with Gasteiger partial charge in [-0.25, -0.2) is 4.98 Å². The second-order valence-corrected chi connectivity index (χ2v) is 7.82. The third-order valence-corrected chi connectivity index (χ3v) is 5.28. The van der Waals surface area contributed by atoms with E-state index in [2.05, 4.69) is 27.4 Å². The third kappa shape index (κ3) is 5.78. The molecule has 6 heteroatoms. The molecule has 31 heavy (non-hydrogen) atoms. The Hall–Kier alpha value is -3.02. The average molecular weight is 436 g/mol. The van der Waals surface area contributed by atoms with Crippen molar-refractivity contribution in [1.82, 2.24) is 15.3 Å². The number of nitrogens with zero attached hydrogens (tertiary/aromatic N) is 1. The number of rotatable bonds is 10. The van der Waals surface area contributed by atoms with E-state index in [-0.39, 0.29) is 0 Å². The van der Waals surface area contributed by atoms with E-state index < -0.39 is 0 Å². The van der Waals surface area contributed by atoms with Crippen molar-refractivity contribution in [3.63, 3.8) is 0 Å². The molecule has 4 rings (SSSR count). The number of hydrogen-bond acceptors (Lipinski definition) is 4. The van der Waals surface area contributed by atoms with Crippen molar-refractivity contribution in [2.45, 2.75) is 26.0 Å². The summed E-state index contributed by atoms with van der Waals surface area (Å²) in [6.45, 7) is 2.12. The number of imidazole rings is 1. The maximum atomic E-state index is 6.04. The molecule has 4 aromatic rings. The molecule has 1 aromatic heterocycles. The molecule has 1 heterocycles. The third-order valence-electron chi connectivity index (χ3n) is 5.05. The summed E-state index contributed by atoms with van der Waals surface area (Å²) < 4.78 is 11.4. The summed E-state index contributed by atoms with van der Waals surface area (Å²) in [5.74, 6) is 2.48. The molecular weight excluding hydrogens is 410 g/mol. The molecule has 0 saturated heterocycles. The molecule has 0 saturated carbocycles. The second kappa shape index (κ2) is 10.3.